The maximum absolute atomic E-state index is 12.9. The third-order valence-electron chi connectivity index (χ3n) is 5.49. The number of benzene rings is 2. The monoisotopic (exact) mass is 420 g/mol. The number of esters is 1. The molecule has 0 fully saturated rings. The number of hydrogen-bond acceptors (Lipinski definition) is 5. The van der Waals surface area contributed by atoms with Crippen LogP contribution in [0.25, 0.3) is 0 Å². The number of rotatable bonds is 6. The van der Waals surface area contributed by atoms with Crippen LogP contribution in [0.1, 0.15) is 40.2 Å². The number of hydrogen-bond donors (Lipinski definition) is 1. The highest BCUT2D eigenvalue weighted by atomic mass is 32.2. The molecule has 0 saturated carbocycles. The van der Waals surface area contributed by atoms with Crippen molar-refractivity contribution in [1.29, 1.82) is 0 Å². The molecule has 0 amide bonds. The number of nitrogens with zero attached hydrogens (tertiary/aromatic N) is 1. The summed E-state index contributed by atoms with van der Waals surface area (Å²) in [7, 11) is 0.202. The van der Waals surface area contributed by atoms with E-state index < -0.39 is 10.8 Å². The SMILES string of the molecule is COC(=O)c1ccncc1NCC1CCCc2cc(S(=O)c3ccccc3)ccc21. The Morgan fingerprint density at radius 3 is 2.80 bits per heavy atom. The molecule has 2 unspecified atom stereocenters. The third kappa shape index (κ3) is 4.28. The Kier molecular flexibility index (Phi) is 6.23. The molecule has 1 aliphatic rings. The summed E-state index contributed by atoms with van der Waals surface area (Å²) in [6.07, 6.45) is 6.38. The molecule has 3 aromatic rings. The van der Waals surface area contributed by atoms with Gasteiger partial charge in [0.15, 0.2) is 0 Å². The zero-order chi connectivity index (χ0) is 20.9. The molecule has 1 heterocycles. The first-order valence-electron chi connectivity index (χ1n) is 10.0. The third-order valence-corrected chi connectivity index (χ3v) is 6.87. The lowest BCUT2D eigenvalue weighted by Crippen LogP contribution is -2.19. The molecule has 0 bridgehead atoms. The summed E-state index contributed by atoms with van der Waals surface area (Å²) in [6, 6.07) is 17.4. The number of carbonyl (C=O) groups excluding carboxylic acids is 1. The van der Waals surface area contributed by atoms with E-state index in [0.29, 0.717) is 23.7 Å². The van der Waals surface area contributed by atoms with E-state index in [1.807, 2.05) is 36.4 Å². The average Bonchev–Trinajstić information content (AvgIpc) is 2.82. The maximum Gasteiger partial charge on any atom is 0.340 e. The molecular formula is C24H24N2O3S. The lowest BCUT2D eigenvalue weighted by molar-refractivity contribution is 0.0601. The van der Waals surface area contributed by atoms with Crippen LogP contribution in [0.4, 0.5) is 5.69 Å². The molecule has 2 atom stereocenters. The van der Waals surface area contributed by atoms with E-state index in [4.69, 9.17) is 4.74 Å². The van der Waals surface area contributed by atoms with Crippen LogP contribution >= 0.6 is 0 Å². The van der Waals surface area contributed by atoms with Gasteiger partial charge in [-0.1, -0.05) is 24.3 Å². The highest BCUT2D eigenvalue weighted by molar-refractivity contribution is 7.85. The van der Waals surface area contributed by atoms with Crippen molar-refractivity contribution in [3.05, 3.63) is 83.7 Å². The number of aryl methyl sites for hydroxylation is 1. The van der Waals surface area contributed by atoms with Crippen LogP contribution in [0.15, 0.2) is 76.8 Å². The van der Waals surface area contributed by atoms with Crippen LogP contribution in [0.5, 0.6) is 0 Å². The van der Waals surface area contributed by atoms with Gasteiger partial charge in [0.1, 0.15) is 0 Å². The number of aromatic nitrogens is 1. The molecule has 6 heteroatoms. The van der Waals surface area contributed by atoms with Crippen molar-refractivity contribution in [2.24, 2.45) is 0 Å². The van der Waals surface area contributed by atoms with Crippen molar-refractivity contribution in [2.45, 2.75) is 35.0 Å². The molecule has 0 saturated heterocycles. The van der Waals surface area contributed by atoms with Gasteiger partial charge in [-0.15, -0.1) is 0 Å². The first-order valence-corrected chi connectivity index (χ1v) is 11.2. The molecule has 2 aromatic carbocycles. The maximum atomic E-state index is 12.9. The van der Waals surface area contributed by atoms with E-state index in [0.717, 1.165) is 29.1 Å². The van der Waals surface area contributed by atoms with Gasteiger partial charge in [-0.2, -0.15) is 0 Å². The summed E-state index contributed by atoms with van der Waals surface area (Å²) >= 11 is 0. The fourth-order valence-electron chi connectivity index (χ4n) is 3.96. The van der Waals surface area contributed by atoms with Crippen LogP contribution in [-0.4, -0.2) is 28.8 Å². The van der Waals surface area contributed by atoms with E-state index in [9.17, 15) is 9.00 Å². The first kappa shape index (κ1) is 20.3. The van der Waals surface area contributed by atoms with Crippen LogP contribution < -0.4 is 5.32 Å². The molecule has 1 aromatic heterocycles. The summed E-state index contributed by atoms with van der Waals surface area (Å²) < 4.78 is 17.8. The Balaban J connectivity index is 1.52. The van der Waals surface area contributed by atoms with E-state index in [2.05, 4.69) is 22.4 Å². The number of ether oxygens (including phenoxy) is 1. The van der Waals surface area contributed by atoms with E-state index in [1.54, 1.807) is 18.5 Å². The smallest absolute Gasteiger partial charge is 0.340 e. The van der Waals surface area contributed by atoms with Crippen molar-refractivity contribution in [2.75, 3.05) is 19.0 Å². The van der Waals surface area contributed by atoms with Gasteiger partial charge in [-0.25, -0.2) is 9.00 Å². The zero-order valence-electron chi connectivity index (χ0n) is 16.8. The Bertz CT molecular complexity index is 1070. The molecule has 0 spiro atoms. The quantitative estimate of drug-likeness (QED) is 0.592. The molecule has 4 rings (SSSR count). The average molecular weight is 421 g/mol. The van der Waals surface area contributed by atoms with Gasteiger partial charge in [-0.05, 0) is 60.7 Å². The fourth-order valence-corrected chi connectivity index (χ4v) is 5.07. The molecule has 30 heavy (non-hydrogen) atoms. The minimum absolute atomic E-state index is 0.318. The molecule has 5 nitrogen and oxygen atoms in total. The molecule has 154 valence electrons. The second-order valence-electron chi connectivity index (χ2n) is 7.33. The minimum Gasteiger partial charge on any atom is -0.465 e. The predicted molar refractivity (Wildman–Crippen MR) is 117 cm³/mol. The van der Waals surface area contributed by atoms with Crippen molar-refractivity contribution < 1.29 is 13.7 Å². The van der Waals surface area contributed by atoms with Gasteiger partial charge in [0, 0.05) is 28.5 Å². The van der Waals surface area contributed by atoms with Crippen LogP contribution in [0.2, 0.25) is 0 Å². The lowest BCUT2D eigenvalue weighted by atomic mass is 9.83. The Morgan fingerprint density at radius 1 is 1.17 bits per heavy atom. The van der Waals surface area contributed by atoms with E-state index >= 15 is 0 Å². The molecular weight excluding hydrogens is 396 g/mol. The number of methoxy groups -OCH3 is 1. The largest absolute Gasteiger partial charge is 0.465 e. The highest BCUT2D eigenvalue weighted by Crippen LogP contribution is 2.34. The van der Waals surface area contributed by atoms with Crippen LogP contribution in [0, 0.1) is 0 Å². The van der Waals surface area contributed by atoms with Gasteiger partial charge in [0.25, 0.3) is 0 Å². The number of fused-ring (bicyclic) bond motifs is 1. The zero-order valence-corrected chi connectivity index (χ0v) is 17.7. The molecule has 0 aliphatic heterocycles. The van der Waals surface area contributed by atoms with Crippen molar-refractivity contribution in [3.8, 4) is 0 Å². The number of nitrogens with one attached hydrogen (secondary N) is 1. The van der Waals surface area contributed by atoms with Crippen molar-refractivity contribution in [3.63, 3.8) is 0 Å². The van der Waals surface area contributed by atoms with Crippen molar-refractivity contribution in [1.82, 2.24) is 4.98 Å². The van der Waals surface area contributed by atoms with E-state index in [-0.39, 0.29) is 5.97 Å². The summed E-state index contributed by atoms with van der Waals surface area (Å²) in [6.45, 7) is 0.698. The Labute approximate surface area is 179 Å². The minimum atomic E-state index is -1.17. The number of carbonyl (C=O) groups is 1. The number of anilines is 1. The van der Waals surface area contributed by atoms with Gasteiger partial charge in [0.2, 0.25) is 0 Å². The summed E-state index contributed by atoms with van der Waals surface area (Å²) in [5.74, 6) is -0.0596. The second-order valence-corrected chi connectivity index (χ2v) is 8.81. The number of pyridine rings is 1. The Hall–Kier alpha value is -2.99. The normalized spacial score (nSPS) is 16.4. The van der Waals surface area contributed by atoms with Crippen LogP contribution in [0.3, 0.4) is 0 Å². The first-order chi connectivity index (χ1) is 14.7. The standard InChI is InChI=1S/C24H24N2O3S/c1-29-24(27)22-12-13-25-16-23(22)26-15-18-7-5-6-17-14-20(10-11-21(17)18)30(28)19-8-3-2-4-9-19/h2-4,8-14,16,18,26H,5-7,15H2,1H3. The fraction of sp³-hybridized carbons (Fsp3) is 0.250. The van der Waals surface area contributed by atoms with Gasteiger partial charge < -0.3 is 10.1 Å². The predicted octanol–water partition coefficient (Wildman–Crippen LogP) is 4.57. The highest BCUT2D eigenvalue weighted by Gasteiger charge is 2.22. The van der Waals surface area contributed by atoms with E-state index in [1.165, 1.54) is 18.2 Å². The Morgan fingerprint density at radius 2 is 2.00 bits per heavy atom. The molecule has 1 aliphatic carbocycles. The second kappa shape index (κ2) is 9.22. The van der Waals surface area contributed by atoms with Gasteiger partial charge in [-0.3, -0.25) is 4.98 Å². The van der Waals surface area contributed by atoms with Gasteiger partial charge in [0.05, 0.1) is 35.4 Å². The lowest BCUT2D eigenvalue weighted by Gasteiger charge is -2.27. The topological polar surface area (TPSA) is 68.3 Å². The molecule has 0 radical (unpaired) electrons. The van der Waals surface area contributed by atoms with Crippen molar-refractivity contribution >= 4 is 22.5 Å². The molecule has 1 N–H and O–H groups in total. The summed E-state index contributed by atoms with van der Waals surface area (Å²) in [4.78, 5) is 17.8. The summed E-state index contributed by atoms with van der Waals surface area (Å²) in [5.41, 5.74) is 3.70. The van der Waals surface area contributed by atoms with Crippen LogP contribution in [-0.2, 0) is 22.0 Å². The van der Waals surface area contributed by atoms with Gasteiger partial charge >= 0.3 is 5.97 Å². The summed E-state index contributed by atoms with van der Waals surface area (Å²) in [5, 5.41) is 3.38.